The van der Waals surface area contributed by atoms with Crippen LogP contribution in [0, 0.1) is 18.6 Å². The lowest BCUT2D eigenvalue weighted by Gasteiger charge is -2.08. The molecule has 0 aliphatic rings. The quantitative estimate of drug-likeness (QED) is 0.405. The van der Waals surface area contributed by atoms with E-state index in [9.17, 15) is 4.79 Å². The molecule has 0 saturated heterocycles. The second-order valence-corrected chi connectivity index (χ2v) is 8.14. The van der Waals surface area contributed by atoms with Crippen LogP contribution in [-0.4, -0.2) is 32.2 Å². The van der Waals surface area contributed by atoms with Crippen LogP contribution in [0.1, 0.15) is 35.5 Å². The summed E-state index contributed by atoms with van der Waals surface area (Å²) in [5, 5.41) is 13.4. The average molecular weight is 416 g/mol. The highest BCUT2D eigenvalue weighted by Gasteiger charge is 2.10. The maximum absolute atomic E-state index is 12.2. The summed E-state index contributed by atoms with van der Waals surface area (Å²) in [6, 6.07) is 8.09. The molecule has 2 aromatic heterocycles. The van der Waals surface area contributed by atoms with Crippen molar-refractivity contribution in [1.29, 1.82) is 0 Å². The SMILES string of the molecule is Cc1cccc(-c2n[nH]c(=S)n2CCC(=O)NCCCCc2nc(C)cs2)c1. The minimum absolute atomic E-state index is 0.0309. The normalized spacial score (nSPS) is 10.9. The number of hydrogen-bond acceptors (Lipinski definition) is 5. The van der Waals surface area contributed by atoms with Crippen LogP contribution in [0.25, 0.3) is 11.4 Å². The summed E-state index contributed by atoms with van der Waals surface area (Å²) in [5.41, 5.74) is 3.23. The Morgan fingerprint density at radius 2 is 2.18 bits per heavy atom. The molecule has 3 rings (SSSR count). The number of amides is 1. The Bertz CT molecular complexity index is 988. The molecular weight excluding hydrogens is 390 g/mol. The average Bonchev–Trinajstić information content (AvgIpc) is 3.25. The van der Waals surface area contributed by atoms with Crippen LogP contribution in [0.4, 0.5) is 0 Å². The van der Waals surface area contributed by atoms with Gasteiger partial charge in [0, 0.05) is 36.1 Å². The number of nitrogens with zero attached hydrogens (tertiary/aromatic N) is 3. The molecule has 3 aromatic rings. The lowest BCUT2D eigenvalue weighted by Crippen LogP contribution is -2.25. The van der Waals surface area contributed by atoms with Crippen molar-refractivity contribution in [1.82, 2.24) is 25.1 Å². The summed E-state index contributed by atoms with van der Waals surface area (Å²) in [6.45, 7) is 5.24. The topological polar surface area (TPSA) is 75.6 Å². The smallest absolute Gasteiger partial charge is 0.221 e. The first-order chi connectivity index (χ1) is 13.5. The largest absolute Gasteiger partial charge is 0.356 e. The van der Waals surface area contributed by atoms with E-state index in [1.165, 1.54) is 5.01 Å². The molecule has 1 aromatic carbocycles. The number of nitrogens with one attached hydrogen (secondary N) is 2. The monoisotopic (exact) mass is 415 g/mol. The zero-order valence-electron chi connectivity index (χ0n) is 16.2. The molecule has 0 atom stereocenters. The molecule has 8 heteroatoms. The minimum Gasteiger partial charge on any atom is -0.356 e. The Labute approximate surface area is 174 Å². The zero-order chi connectivity index (χ0) is 19.9. The van der Waals surface area contributed by atoms with Crippen LogP contribution < -0.4 is 5.32 Å². The number of benzene rings is 1. The van der Waals surface area contributed by atoms with Gasteiger partial charge in [-0.3, -0.25) is 14.5 Å². The zero-order valence-corrected chi connectivity index (χ0v) is 17.8. The summed E-state index contributed by atoms with van der Waals surface area (Å²) in [7, 11) is 0. The molecule has 148 valence electrons. The molecular formula is C20H25N5OS2. The van der Waals surface area contributed by atoms with Crippen molar-refractivity contribution in [2.75, 3.05) is 6.54 Å². The Hall–Kier alpha value is -2.32. The van der Waals surface area contributed by atoms with Crippen molar-refractivity contribution >= 4 is 29.5 Å². The lowest BCUT2D eigenvalue weighted by molar-refractivity contribution is -0.121. The molecule has 1 amide bonds. The molecule has 6 nitrogen and oxygen atoms in total. The Morgan fingerprint density at radius 3 is 2.93 bits per heavy atom. The Kier molecular flexibility index (Phi) is 7.11. The Morgan fingerprint density at radius 1 is 1.32 bits per heavy atom. The number of hydrogen-bond donors (Lipinski definition) is 2. The van der Waals surface area contributed by atoms with E-state index in [0.29, 0.717) is 24.3 Å². The van der Waals surface area contributed by atoms with Crippen molar-refractivity contribution in [2.24, 2.45) is 0 Å². The molecule has 0 unspecified atom stereocenters. The predicted molar refractivity (Wildman–Crippen MR) is 115 cm³/mol. The van der Waals surface area contributed by atoms with Crippen molar-refractivity contribution < 1.29 is 4.79 Å². The molecule has 2 heterocycles. The number of rotatable bonds is 9. The molecule has 0 aliphatic carbocycles. The van der Waals surface area contributed by atoms with Gasteiger partial charge in [0.05, 0.1) is 5.01 Å². The Balaban J connectivity index is 1.44. The highest BCUT2D eigenvalue weighted by molar-refractivity contribution is 7.71. The van der Waals surface area contributed by atoms with E-state index in [-0.39, 0.29) is 5.91 Å². The fourth-order valence-electron chi connectivity index (χ4n) is 2.98. The van der Waals surface area contributed by atoms with Gasteiger partial charge in [-0.25, -0.2) is 4.98 Å². The third-order valence-corrected chi connectivity index (χ3v) is 5.74. The third kappa shape index (κ3) is 5.59. The molecule has 0 spiro atoms. The standard InChI is InChI=1S/C20H25N5OS2/c1-14-6-5-7-16(12-14)19-23-24-20(27)25(19)11-9-17(26)21-10-4-3-8-18-22-15(2)13-28-18/h5-7,12-13H,3-4,8-11H2,1-2H3,(H,21,26)(H,24,27). The van der Waals surface area contributed by atoms with Gasteiger partial charge in [-0.05, 0) is 51.4 Å². The van der Waals surface area contributed by atoms with Crippen LogP contribution in [0.3, 0.4) is 0 Å². The maximum Gasteiger partial charge on any atom is 0.221 e. The number of aromatic amines is 1. The van der Waals surface area contributed by atoms with Crippen molar-refractivity contribution in [2.45, 2.75) is 46.1 Å². The first-order valence-electron chi connectivity index (χ1n) is 9.43. The summed E-state index contributed by atoms with van der Waals surface area (Å²) in [6.07, 6.45) is 3.32. The van der Waals surface area contributed by atoms with Crippen LogP contribution in [0.15, 0.2) is 29.6 Å². The van der Waals surface area contributed by atoms with Gasteiger partial charge in [0.25, 0.3) is 0 Å². The van der Waals surface area contributed by atoms with E-state index < -0.39 is 0 Å². The van der Waals surface area contributed by atoms with Gasteiger partial charge in [0.15, 0.2) is 10.6 Å². The number of unbranched alkanes of at least 4 members (excludes halogenated alkanes) is 1. The highest BCUT2D eigenvalue weighted by Crippen LogP contribution is 2.18. The van der Waals surface area contributed by atoms with Crippen molar-refractivity contribution in [3.63, 3.8) is 0 Å². The lowest BCUT2D eigenvalue weighted by atomic mass is 10.1. The number of carbonyl (C=O) groups is 1. The fraction of sp³-hybridized carbons (Fsp3) is 0.400. The minimum atomic E-state index is 0.0309. The number of thiazole rings is 1. The molecule has 28 heavy (non-hydrogen) atoms. The van der Waals surface area contributed by atoms with Gasteiger partial charge in [0.2, 0.25) is 5.91 Å². The first kappa shape index (κ1) is 20.4. The van der Waals surface area contributed by atoms with Crippen LogP contribution in [-0.2, 0) is 17.8 Å². The fourth-order valence-corrected chi connectivity index (χ4v) is 4.02. The molecule has 0 fully saturated rings. The summed E-state index contributed by atoms with van der Waals surface area (Å²) in [5.74, 6) is 0.795. The third-order valence-electron chi connectivity index (χ3n) is 4.40. The first-order valence-corrected chi connectivity index (χ1v) is 10.7. The van der Waals surface area contributed by atoms with Gasteiger partial charge in [0.1, 0.15) is 0 Å². The van der Waals surface area contributed by atoms with Crippen LogP contribution in [0.5, 0.6) is 0 Å². The van der Waals surface area contributed by atoms with Crippen LogP contribution >= 0.6 is 23.6 Å². The molecule has 0 aliphatic heterocycles. The van der Waals surface area contributed by atoms with E-state index in [1.54, 1.807) is 11.3 Å². The molecule has 0 bridgehead atoms. The number of aromatic nitrogens is 4. The van der Waals surface area contributed by atoms with Crippen molar-refractivity contribution in [3.05, 3.63) is 50.7 Å². The summed E-state index contributed by atoms with van der Waals surface area (Å²) in [4.78, 5) is 16.6. The van der Waals surface area contributed by atoms with E-state index in [0.717, 1.165) is 41.9 Å². The summed E-state index contributed by atoms with van der Waals surface area (Å²) < 4.78 is 2.41. The molecule has 2 N–H and O–H groups in total. The second kappa shape index (κ2) is 9.75. The van der Waals surface area contributed by atoms with Crippen molar-refractivity contribution in [3.8, 4) is 11.4 Å². The number of H-pyrrole nitrogens is 1. The van der Waals surface area contributed by atoms with E-state index >= 15 is 0 Å². The number of aryl methyl sites for hydroxylation is 3. The highest BCUT2D eigenvalue weighted by atomic mass is 32.1. The maximum atomic E-state index is 12.2. The van der Waals surface area contributed by atoms with E-state index in [2.05, 4.69) is 31.9 Å². The predicted octanol–water partition coefficient (Wildman–Crippen LogP) is 4.21. The van der Waals surface area contributed by atoms with Gasteiger partial charge in [-0.15, -0.1) is 11.3 Å². The number of carbonyl (C=O) groups excluding carboxylic acids is 1. The second-order valence-electron chi connectivity index (χ2n) is 6.81. The van der Waals surface area contributed by atoms with Gasteiger partial charge >= 0.3 is 0 Å². The van der Waals surface area contributed by atoms with Gasteiger partial charge < -0.3 is 5.32 Å². The van der Waals surface area contributed by atoms with E-state index in [4.69, 9.17) is 12.2 Å². The molecule has 0 radical (unpaired) electrons. The van der Waals surface area contributed by atoms with Crippen LogP contribution in [0.2, 0.25) is 0 Å². The summed E-state index contributed by atoms with van der Waals surface area (Å²) >= 11 is 7.04. The van der Waals surface area contributed by atoms with Gasteiger partial charge in [-0.2, -0.15) is 5.10 Å². The molecule has 0 saturated carbocycles. The van der Waals surface area contributed by atoms with Gasteiger partial charge in [-0.1, -0.05) is 23.8 Å². The van der Waals surface area contributed by atoms with E-state index in [1.807, 2.05) is 36.6 Å².